The van der Waals surface area contributed by atoms with E-state index < -0.39 is 5.41 Å². The summed E-state index contributed by atoms with van der Waals surface area (Å²) in [4.78, 5) is 13.9. The molecular weight excluding hydrogens is 210 g/mol. The third-order valence-electron chi connectivity index (χ3n) is 2.68. The van der Waals surface area contributed by atoms with Crippen molar-refractivity contribution in [3.8, 4) is 0 Å². The maximum atomic E-state index is 11.5. The second-order valence-electron chi connectivity index (χ2n) is 4.60. The van der Waals surface area contributed by atoms with Gasteiger partial charge in [-0.15, -0.1) is 0 Å². The first-order chi connectivity index (χ1) is 7.06. The molecule has 0 bridgehead atoms. The van der Waals surface area contributed by atoms with E-state index in [0.29, 0.717) is 0 Å². The minimum atomic E-state index is -0.399. The van der Waals surface area contributed by atoms with Gasteiger partial charge in [0.1, 0.15) is 0 Å². The molecule has 1 fully saturated rings. The van der Waals surface area contributed by atoms with E-state index in [1.165, 1.54) is 17.9 Å². The minimum Gasteiger partial charge on any atom is -0.301 e. The van der Waals surface area contributed by atoms with Gasteiger partial charge in [-0.2, -0.15) is 11.8 Å². The molecule has 5 heteroatoms. The van der Waals surface area contributed by atoms with E-state index >= 15 is 0 Å². The van der Waals surface area contributed by atoms with Crippen molar-refractivity contribution < 1.29 is 4.79 Å². The van der Waals surface area contributed by atoms with Gasteiger partial charge in [-0.05, 0) is 32.6 Å². The molecule has 0 aromatic carbocycles. The van der Waals surface area contributed by atoms with Crippen LogP contribution in [0.4, 0.5) is 0 Å². The molecule has 0 atom stereocenters. The molecule has 0 aliphatic carbocycles. The summed E-state index contributed by atoms with van der Waals surface area (Å²) in [5, 5.41) is 0. The Kier molecular flexibility index (Phi) is 4.89. The second-order valence-corrected chi connectivity index (χ2v) is 5.82. The maximum absolute atomic E-state index is 11.5. The number of nitrogens with one attached hydrogen (secondary N) is 1. The summed E-state index contributed by atoms with van der Waals surface area (Å²) in [5.74, 6) is 7.49. The second kappa shape index (κ2) is 5.72. The van der Waals surface area contributed by atoms with Gasteiger partial charge >= 0.3 is 0 Å². The van der Waals surface area contributed by atoms with Crippen LogP contribution in [-0.4, -0.2) is 41.9 Å². The molecule has 0 aromatic rings. The van der Waals surface area contributed by atoms with Crippen LogP contribution in [0.5, 0.6) is 0 Å². The summed E-state index contributed by atoms with van der Waals surface area (Å²) in [5.41, 5.74) is 1.84. The number of hydrogen-bond acceptors (Lipinski definition) is 4. The zero-order valence-corrected chi connectivity index (χ0v) is 10.4. The molecule has 15 heavy (non-hydrogen) atoms. The van der Waals surface area contributed by atoms with Gasteiger partial charge in [0, 0.05) is 18.8 Å². The molecule has 1 heterocycles. The largest absolute Gasteiger partial charge is 0.301 e. The topological polar surface area (TPSA) is 58.4 Å². The van der Waals surface area contributed by atoms with E-state index in [9.17, 15) is 4.79 Å². The first-order valence-corrected chi connectivity index (χ1v) is 6.53. The molecule has 0 unspecified atom stereocenters. The number of carbonyl (C=O) groups excluding carboxylic acids is 1. The fourth-order valence-corrected chi connectivity index (χ4v) is 2.71. The SMILES string of the molecule is CC(C)(CN1CCCSCC1)C(=O)NN. The minimum absolute atomic E-state index is 0.0839. The number of rotatable bonds is 3. The highest BCUT2D eigenvalue weighted by atomic mass is 32.2. The highest BCUT2D eigenvalue weighted by Crippen LogP contribution is 2.19. The standard InChI is InChI=1S/C10H21N3OS/c1-10(2,9(14)12-11)8-13-4-3-6-15-7-5-13/h3-8,11H2,1-2H3,(H,12,14). The summed E-state index contributed by atoms with van der Waals surface area (Å²) in [6, 6.07) is 0. The molecular formula is C10H21N3OS. The van der Waals surface area contributed by atoms with E-state index in [2.05, 4.69) is 10.3 Å². The Balaban J connectivity index is 2.47. The normalized spacial score (nSPS) is 19.7. The van der Waals surface area contributed by atoms with E-state index in [0.717, 1.165) is 19.6 Å². The number of carbonyl (C=O) groups is 1. The van der Waals surface area contributed by atoms with Crippen LogP contribution in [0.2, 0.25) is 0 Å². The lowest BCUT2D eigenvalue weighted by molar-refractivity contribution is -0.130. The number of hydrogen-bond donors (Lipinski definition) is 2. The lowest BCUT2D eigenvalue weighted by Gasteiger charge is -2.30. The van der Waals surface area contributed by atoms with E-state index in [1.54, 1.807) is 0 Å². The molecule has 1 rings (SSSR count). The Labute approximate surface area is 95.9 Å². The Hall–Kier alpha value is -0.260. The molecule has 0 spiro atoms. The van der Waals surface area contributed by atoms with Gasteiger partial charge in [0.25, 0.3) is 0 Å². The van der Waals surface area contributed by atoms with Crippen molar-refractivity contribution in [3.63, 3.8) is 0 Å². The zero-order valence-electron chi connectivity index (χ0n) is 9.58. The first kappa shape index (κ1) is 12.8. The van der Waals surface area contributed by atoms with Crippen molar-refractivity contribution in [3.05, 3.63) is 0 Å². The third-order valence-corrected chi connectivity index (χ3v) is 3.73. The van der Waals surface area contributed by atoms with Crippen LogP contribution >= 0.6 is 11.8 Å². The van der Waals surface area contributed by atoms with Gasteiger partial charge in [-0.25, -0.2) is 5.84 Å². The van der Waals surface area contributed by atoms with Gasteiger partial charge in [0.2, 0.25) is 5.91 Å². The van der Waals surface area contributed by atoms with E-state index in [-0.39, 0.29) is 5.91 Å². The number of amides is 1. The molecule has 1 amide bonds. The summed E-state index contributed by atoms with van der Waals surface area (Å²) >= 11 is 1.99. The van der Waals surface area contributed by atoms with Crippen LogP contribution in [0, 0.1) is 5.41 Å². The highest BCUT2D eigenvalue weighted by molar-refractivity contribution is 7.99. The van der Waals surface area contributed by atoms with Crippen molar-refractivity contribution in [1.29, 1.82) is 0 Å². The van der Waals surface area contributed by atoms with Crippen LogP contribution in [0.15, 0.2) is 0 Å². The fourth-order valence-electron chi connectivity index (χ4n) is 1.78. The van der Waals surface area contributed by atoms with Crippen LogP contribution in [0.1, 0.15) is 20.3 Å². The number of thioether (sulfide) groups is 1. The lowest BCUT2D eigenvalue weighted by atomic mass is 9.91. The summed E-state index contributed by atoms with van der Waals surface area (Å²) in [6.07, 6.45) is 1.21. The third kappa shape index (κ3) is 4.01. The monoisotopic (exact) mass is 231 g/mol. The number of hydrazine groups is 1. The molecule has 88 valence electrons. The van der Waals surface area contributed by atoms with Crippen molar-refractivity contribution in [2.45, 2.75) is 20.3 Å². The molecule has 1 aliphatic rings. The van der Waals surface area contributed by atoms with E-state index in [1.807, 2.05) is 25.6 Å². The van der Waals surface area contributed by atoms with Crippen molar-refractivity contribution >= 4 is 17.7 Å². The molecule has 3 N–H and O–H groups in total. The van der Waals surface area contributed by atoms with Crippen molar-refractivity contribution in [2.24, 2.45) is 11.3 Å². The quantitative estimate of drug-likeness (QED) is 0.420. The van der Waals surface area contributed by atoms with Crippen LogP contribution in [0.25, 0.3) is 0 Å². The smallest absolute Gasteiger partial charge is 0.240 e. The molecule has 1 saturated heterocycles. The molecule has 4 nitrogen and oxygen atoms in total. The van der Waals surface area contributed by atoms with Crippen LogP contribution in [-0.2, 0) is 4.79 Å². The number of nitrogens with two attached hydrogens (primary N) is 1. The van der Waals surface area contributed by atoms with Gasteiger partial charge in [-0.3, -0.25) is 10.2 Å². The van der Waals surface area contributed by atoms with Crippen molar-refractivity contribution in [2.75, 3.05) is 31.1 Å². The van der Waals surface area contributed by atoms with Gasteiger partial charge < -0.3 is 4.90 Å². The van der Waals surface area contributed by atoms with Crippen LogP contribution < -0.4 is 11.3 Å². The van der Waals surface area contributed by atoms with Gasteiger partial charge in [0.15, 0.2) is 0 Å². The Morgan fingerprint density at radius 2 is 2.20 bits per heavy atom. The number of nitrogens with zero attached hydrogens (tertiary/aromatic N) is 1. The predicted molar refractivity (Wildman–Crippen MR) is 64.5 cm³/mol. The summed E-state index contributed by atoms with van der Waals surface area (Å²) in [6.45, 7) is 6.83. The predicted octanol–water partition coefficient (Wildman–Crippen LogP) is 0.441. The maximum Gasteiger partial charge on any atom is 0.240 e. The molecule has 0 saturated carbocycles. The fraction of sp³-hybridized carbons (Fsp3) is 0.900. The van der Waals surface area contributed by atoms with Crippen LogP contribution in [0.3, 0.4) is 0 Å². The molecule has 0 radical (unpaired) electrons. The molecule has 0 aromatic heterocycles. The average Bonchev–Trinajstić information content (AvgIpc) is 2.44. The first-order valence-electron chi connectivity index (χ1n) is 5.37. The summed E-state index contributed by atoms with van der Waals surface area (Å²) < 4.78 is 0. The van der Waals surface area contributed by atoms with Crippen molar-refractivity contribution in [1.82, 2.24) is 10.3 Å². The highest BCUT2D eigenvalue weighted by Gasteiger charge is 2.29. The Bertz CT molecular complexity index is 213. The summed E-state index contributed by atoms with van der Waals surface area (Å²) in [7, 11) is 0. The van der Waals surface area contributed by atoms with Gasteiger partial charge in [-0.1, -0.05) is 0 Å². The Morgan fingerprint density at radius 3 is 2.87 bits per heavy atom. The zero-order chi connectivity index (χ0) is 11.3. The lowest BCUT2D eigenvalue weighted by Crippen LogP contribution is -2.47. The van der Waals surface area contributed by atoms with E-state index in [4.69, 9.17) is 5.84 Å². The average molecular weight is 231 g/mol. The van der Waals surface area contributed by atoms with Gasteiger partial charge in [0.05, 0.1) is 5.41 Å². The molecule has 1 aliphatic heterocycles. The Morgan fingerprint density at radius 1 is 1.47 bits per heavy atom.